The van der Waals surface area contributed by atoms with Gasteiger partial charge in [-0.1, -0.05) is 66.4 Å². The largest absolute Gasteiger partial charge is 0.352 e. The molecule has 4 heteroatoms. The van der Waals surface area contributed by atoms with Gasteiger partial charge in [0.2, 0.25) is 0 Å². The number of nitriles is 1. The van der Waals surface area contributed by atoms with E-state index in [1.165, 1.54) is 17.3 Å². The van der Waals surface area contributed by atoms with Gasteiger partial charge in [0.25, 0.3) is 5.91 Å². The molecule has 0 saturated heterocycles. The first-order valence-electron chi connectivity index (χ1n) is 8.36. The highest BCUT2D eigenvalue weighted by atomic mass is 32.2. The SMILES string of the molecule is N#Cc1ccccc1Sc1ccccc1C(=O)NCCc1ccccc1. The Labute approximate surface area is 157 Å². The third-order valence-corrected chi connectivity index (χ3v) is 5.05. The molecular weight excluding hydrogens is 340 g/mol. The summed E-state index contributed by atoms with van der Waals surface area (Å²) in [6.07, 6.45) is 0.791. The summed E-state index contributed by atoms with van der Waals surface area (Å²) < 4.78 is 0. The number of rotatable bonds is 6. The second kappa shape index (κ2) is 8.89. The van der Waals surface area contributed by atoms with Crippen molar-refractivity contribution in [1.29, 1.82) is 5.26 Å². The van der Waals surface area contributed by atoms with Crippen LogP contribution in [-0.2, 0) is 6.42 Å². The minimum Gasteiger partial charge on any atom is -0.352 e. The van der Waals surface area contributed by atoms with Crippen LogP contribution in [0, 0.1) is 11.3 Å². The van der Waals surface area contributed by atoms with Crippen LogP contribution in [0.5, 0.6) is 0 Å². The van der Waals surface area contributed by atoms with Gasteiger partial charge in [-0.3, -0.25) is 4.79 Å². The van der Waals surface area contributed by atoms with E-state index in [0.29, 0.717) is 17.7 Å². The Kier molecular flexibility index (Phi) is 6.08. The number of nitrogens with zero attached hydrogens (tertiary/aromatic N) is 1. The van der Waals surface area contributed by atoms with E-state index in [0.717, 1.165) is 16.2 Å². The van der Waals surface area contributed by atoms with Crippen molar-refractivity contribution < 1.29 is 4.79 Å². The van der Waals surface area contributed by atoms with Crippen molar-refractivity contribution in [2.24, 2.45) is 0 Å². The highest BCUT2D eigenvalue weighted by molar-refractivity contribution is 7.99. The Morgan fingerprint density at radius 2 is 1.54 bits per heavy atom. The van der Waals surface area contributed by atoms with Crippen molar-refractivity contribution in [3.05, 3.63) is 95.6 Å². The molecule has 0 saturated carbocycles. The van der Waals surface area contributed by atoms with Gasteiger partial charge in [-0.25, -0.2) is 0 Å². The third-order valence-electron chi connectivity index (χ3n) is 3.90. The summed E-state index contributed by atoms with van der Waals surface area (Å²) in [6, 6.07) is 27.2. The monoisotopic (exact) mass is 358 g/mol. The maximum Gasteiger partial charge on any atom is 0.252 e. The number of nitrogens with one attached hydrogen (secondary N) is 1. The minimum atomic E-state index is -0.0986. The van der Waals surface area contributed by atoms with Gasteiger partial charge in [-0.05, 0) is 36.2 Å². The lowest BCUT2D eigenvalue weighted by Gasteiger charge is -2.10. The topological polar surface area (TPSA) is 52.9 Å². The van der Waals surface area contributed by atoms with E-state index in [4.69, 9.17) is 0 Å². The lowest BCUT2D eigenvalue weighted by atomic mass is 10.1. The third kappa shape index (κ3) is 4.53. The first-order valence-corrected chi connectivity index (χ1v) is 9.17. The Bertz CT molecular complexity index is 932. The van der Waals surface area contributed by atoms with Gasteiger partial charge in [0.1, 0.15) is 6.07 Å². The van der Waals surface area contributed by atoms with Crippen molar-refractivity contribution in [2.45, 2.75) is 16.2 Å². The lowest BCUT2D eigenvalue weighted by Crippen LogP contribution is -2.26. The highest BCUT2D eigenvalue weighted by Crippen LogP contribution is 2.32. The quantitative estimate of drug-likeness (QED) is 0.696. The number of carbonyl (C=O) groups excluding carboxylic acids is 1. The molecule has 0 aromatic heterocycles. The van der Waals surface area contributed by atoms with E-state index in [1.807, 2.05) is 60.7 Å². The average molecular weight is 358 g/mol. The summed E-state index contributed by atoms with van der Waals surface area (Å²) in [5.74, 6) is -0.0986. The van der Waals surface area contributed by atoms with E-state index in [1.54, 1.807) is 6.07 Å². The van der Waals surface area contributed by atoms with E-state index < -0.39 is 0 Å². The summed E-state index contributed by atoms with van der Waals surface area (Å²) in [6.45, 7) is 0.580. The van der Waals surface area contributed by atoms with Crippen LogP contribution in [0.3, 0.4) is 0 Å². The molecule has 0 fully saturated rings. The predicted molar refractivity (Wildman–Crippen MR) is 104 cm³/mol. The zero-order valence-corrected chi connectivity index (χ0v) is 15.0. The molecule has 1 N–H and O–H groups in total. The van der Waals surface area contributed by atoms with E-state index in [9.17, 15) is 10.1 Å². The fraction of sp³-hybridized carbons (Fsp3) is 0.0909. The van der Waals surface area contributed by atoms with Gasteiger partial charge in [0.15, 0.2) is 0 Å². The van der Waals surface area contributed by atoms with Crippen LogP contribution in [0.1, 0.15) is 21.5 Å². The molecule has 0 aliphatic rings. The minimum absolute atomic E-state index is 0.0986. The maximum absolute atomic E-state index is 12.6. The maximum atomic E-state index is 12.6. The van der Waals surface area contributed by atoms with Crippen LogP contribution in [0.15, 0.2) is 88.7 Å². The Hall–Kier alpha value is -3.03. The normalized spacial score (nSPS) is 10.1. The standard InChI is InChI=1S/C22H18N2OS/c23-16-18-10-4-6-12-20(18)26-21-13-7-5-11-19(21)22(25)24-15-14-17-8-2-1-3-9-17/h1-13H,14-15H2,(H,24,25). The molecule has 26 heavy (non-hydrogen) atoms. The molecule has 0 radical (unpaired) electrons. The summed E-state index contributed by atoms with van der Waals surface area (Å²) >= 11 is 1.44. The molecule has 3 rings (SSSR count). The van der Waals surface area contributed by atoms with Crippen molar-refractivity contribution in [3.8, 4) is 6.07 Å². The molecule has 0 aliphatic heterocycles. The lowest BCUT2D eigenvalue weighted by molar-refractivity contribution is 0.0951. The van der Waals surface area contributed by atoms with Crippen LogP contribution in [-0.4, -0.2) is 12.5 Å². The van der Waals surface area contributed by atoms with Gasteiger partial charge < -0.3 is 5.32 Å². The molecule has 3 aromatic carbocycles. The summed E-state index contributed by atoms with van der Waals surface area (Å²) in [5, 5.41) is 12.2. The predicted octanol–water partition coefficient (Wildman–Crippen LogP) is 4.68. The van der Waals surface area contributed by atoms with Gasteiger partial charge in [0.05, 0.1) is 11.1 Å². The van der Waals surface area contributed by atoms with Crippen molar-refractivity contribution in [2.75, 3.05) is 6.54 Å². The van der Waals surface area contributed by atoms with Gasteiger partial charge in [0, 0.05) is 16.3 Å². The molecule has 0 aliphatic carbocycles. The number of amides is 1. The van der Waals surface area contributed by atoms with Gasteiger partial charge >= 0.3 is 0 Å². The highest BCUT2D eigenvalue weighted by Gasteiger charge is 2.13. The van der Waals surface area contributed by atoms with E-state index in [2.05, 4.69) is 23.5 Å². The molecule has 0 atom stereocenters. The van der Waals surface area contributed by atoms with Crippen LogP contribution in [0.2, 0.25) is 0 Å². The second-order valence-corrected chi connectivity index (χ2v) is 6.78. The first kappa shape index (κ1) is 17.8. The van der Waals surface area contributed by atoms with Crippen molar-refractivity contribution >= 4 is 17.7 Å². The molecule has 0 spiro atoms. The average Bonchev–Trinajstić information content (AvgIpc) is 2.69. The molecule has 128 valence electrons. The Balaban J connectivity index is 1.70. The van der Waals surface area contributed by atoms with Crippen molar-refractivity contribution in [1.82, 2.24) is 5.32 Å². The fourth-order valence-electron chi connectivity index (χ4n) is 2.57. The Morgan fingerprint density at radius 3 is 2.31 bits per heavy atom. The molecule has 1 amide bonds. The summed E-state index contributed by atoms with van der Waals surface area (Å²) in [5.41, 5.74) is 2.42. The molecular formula is C22H18N2OS. The first-order chi connectivity index (χ1) is 12.8. The second-order valence-electron chi connectivity index (χ2n) is 5.70. The number of benzene rings is 3. The smallest absolute Gasteiger partial charge is 0.252 e. The number of hydrogen-bond acceptors (Lipinski definition) is 3. The van der Waals surface area contributed by atoms with E-state index in [-0.39, 0.29) is 5.91 Å². The van der Waals surface area contributed by atoms with Gasteiger partial charge in [-0.2, -0.15) is 5.26 Å². The molecule has 0 unspecified atom stereocenters. The Morgan fingerprint density at radius 1 is 0.885 bits per heavy atom. The zero-order chi connectivity index (χ0) is 18.2. The van der Waals surface area contributed by atoms with Gasteiger partial charge in [-0.15, -0.1) is 0 Å². The summed E-state index contributed by atoms with van der Waals surface area (Å²) in [7, 11) is 0. The van der Waals surface area contributed by atoms with Crippen LogP contribution >= 0.6 is 11.8 Å². The van der Waals surface area contributed by atoms with Crippen LogP contribution in [0.25, 0.3) is 0 Å². The number of hydrogen-bond donors (Lipinski definition) is 1. The fourth-order valence-corrected chi connectivity index (χ4v) is 3.59. The molecule has 3 nitrogen and oxygen atoms in total. The molecule has 0 bridgehead atoms. The zero-order valence-electron chi connectivity index (χ0n) is 14.2. The van der Waals surface area contributed by atoms with E-state index >= 15 is 0 Å². The molecule has 3 aromatic rings. The van der Waals surface area contributed by atoms with Crippen LogP contribution < -0.4 is 5.32 Å². The molecule has 0 heterocycles. The van der Waals surface area contributed by atoms with Crippen LogP contribution in [0.4, 0.5) is 0 Å². The van der Waals surface area contributed by atoms with Crippen molar-refractivity contribution in [3.63, 3.8) is 0 Å². The summed E-state index contributed by atoms with van der Waals surface area (Å²) in [4.78, 5) is 14.3. The number of carbonyl (C=O) groups is 1.